The number of carbonyl (C=O) groups excluding carboxylic acids is 1. The van der Waals surface area contributed by atoms with Crippen molar-refractivity contribution in [3.63, 3.8) is 0 Å². The average Bonchev–Trinajstić information content (AvgIpc) is 2.73. The van der Waals surface area contributed by atoms with E-state index in [0.29, 0.717) is 30.1 Å². The summed E-state index contributed by atoms with van der Waals surface area (Å²) in [6, 6.07) is 1.66. The summed E-state index contributed by atoms with van der Waals surface area (Å²) in [5.74, 6) is -0.197. The molecule has 0 radical (unpaired) electrons. The summed E-state index contributed by atoms with van der Waals surface area (Å²) < 4.78 is 27.5. The molecule has 0 aliphatic rings. The van der Waals surface area contributed by atoms with Crippen molar-refractivity contribution in [1.82, 2.24) is 10.6 Å². The van der Waals surface area contributed by atoms with Crippen LogP contribution in [0.1, 0.15) is 20.1 Å². The molecule has 0 spiro atoms. The Morgan fingerprint density at radius 1 is 1.33 bits per heavy atom. The zero-order chi connectivity index (χ0) is 15.9. The molecule has 1 aromatic heterocycles. The minimum atomic E-state index is -3.09. The van der Waals surface area contributed by atoms with Crippen LogP contribution in [-0.2, 0) is 20.3 Å². The fraction of sp³-hybridized carbons (Fsp3) is 0.615. The first kappa shape index (κ1) is 18.1. The Morgan fingerprint density at radius 2 is 2.05 bits per heavy atom. The number of thiophene rings is 1. The zero-order valence-corrected chi connectivity index (χ0v) is 14.2. The molecule has 0 bridgehead atoms. The van der Waals surface area contributed by atoms with Crippen LogP contribution in [0.3, 0.4) is 0 Å². The number of amides is 1. The van der Waals surface area contributed by atoms with E-state index in [2.05, 4.69) is 10.6 Å². The van der Waals surface area contributed by atoms with Gasteiger partial charge in [-0.1, -0.05) is 0 Å². The van der Waals surface area contributed by atoms with Crippen molar-refractivity contribution in [2.45, 2.75) is 12.7 Å². The second-order valence-electron chi connectivity index (χ2n) is 4.76. The molecular weight excluding hydrogens is 312 g/mol. The lowest BCUT2D eigenvalue weighted by molar-refractivity contribution is 0.0957. The number of rotatable bonds is 9. The lowest BCUT2D eigenvalue weighted by Gasteiger charge is -2.05. The molecule has 0 aliphatic heterocycles. The van der Waals surface area contributed by atoms with Gasteiger partial charge in [-0.25, -0.2) is 8.42 Å². The van der Waals surface area contributed by atoms with Crippen LogP contribution in [0.2, 0.25) is 0 Å². The van der Waals surface area contributed by atoms with Crippen molar-refractivity contribution in [3.05, 3.63) is 21.4 Å². The van der Waals surface area contributed by atoms with Crippen LogP contribution in [0.15, 0.2) is 6.07 Å². The molecule has 1 amide bonds. The van der Waals surface area contributed by atoms with Gasteiger partial charge in [-0.3, -0.25) is 4.79 Å². The highest BCUT2D eigenvalue weighted by atomic mass is 32.2. The summed E-state index contributed by atoms with van der Waals surface area (Å²) in [5.41, 5.74) is 0.700. The Bertz CT molecular complexity index is 567. The minimum Gasteiger partial charge on any atom is -0.383 e. The summed E-state index contributed by atoms with van der Waals surface area (Å²) >= 11 is 1.32. The summed E-state index contributed by atoms with van der Waals surface area (Å²) in [4.78, 5) is 13.4. The molecule has 0 unspecified atom stereocenters. The molecule has 0 saturated heterocycles. The third kappa shape index (κ3) is 7.03. The normalized spacial score (nSPS) is 11.6. The Balaban J connectivity index is 2.46. The third-order valence-corrected chi connectivity index (χ3v) is 4.66. The summed E-state index contributed by atoms with van der Waals surface area (Å²) in [6.07, 6.45) is 1.19. The van der Waals surface area contributed by atoms with E-state index in [4.69, 9.17) is 4.74 Å². The Hall–Kier alpha value is -0.960. The average molecular weight is 334 g/mol. The highest BCUT2D eigenvalue weighted by Gasteiger charge is 2.15. The predicted molar refractivity (Wildman–Crippen MR) is 84.7 cm³/mol. The summed E-state index contributed by atoms with van der Waals surface area (Å²) in [5, 5.41) is 5.92. The monoisotopic (exact) mass is 334 g/mol. The van der Waals surface area contributed by atoms with Gasteiger partial charge in [0.1, 0.15) is 0 Å². The molecule has 21 heavy (non-hydrogen) atoms. The van der Waals surface area contributed by atoms with Crippen molar-refractivity contribution in [3.8, 4) is 0 Å². The molecule has 8 heteroatoms. The SMILES string of the molecule is COCCNCCNC(=O)c1cc(CS(C)(=O)=O)c(C)s1. The van der Waals surface area contributed by atoms with Crippen LogP contribution in [0.25, 0.3) is 0 Å². The Morgan fingerprint density at radius 3 is 2.67 bits per heavy atom. The molecule has 0 fully saturated rings. The summed E-state index contributed by atoms with van der Waals surface area (Å²) in [6.45, 7) is 4.38. The van der Waals surface area contributed by atoms with Gasteiger partial charge in [-0.2, -0.15) is 0 Å². The first-order valence-electron chi connectivity index (χ1n) is 6.58. The highest BCUT2D eigenvalue weighted by molar-refractivity contribution is 7.89. The van der Waals surface area contributed by atoms with E-state index in [1.807, 2.05) is 6.92 Å². The van der Waals surface area contributed by atoms with Gasteiger partial charge in [0.25, 0.3) is 5.91 Å². The van der Waals surface area contributed by atoms with Crippen molar-refractivity contribution < 1.29 is 17.9 Å². The highest BCUT2D eigenvalue weighted by Crippen LogP contribution is 2.23. The number of hydrogen-bond donors (Lipinski definition) is 2. The third-order valence-electron chi connectivity index (χ3n) is 2.73. The molecular formula is C13H22N2O4S2. The van der Waals surface area contributed by atoms with Gasteiger partial charge in [0.05, 0.1) is 17.2 Å². The number of aryl methyl sites for hydroxylation is 1. The van der Waals surface area contributed by atoms with Gasteiger partial charge in [0.15, 0.2) is 9.84 Å². The maximum Gasteiger partial charge on any atom is 0.261 e. The van der Waals surface area contributed by atoms with Crippen molar-refractivity contribution >= 4 is 27.1 Å². The maximum absolute atomic E-state index is 12.0. The molecule has 120 valence electrons. The number of nitrogens with one attached hydrogen (secondary N) is 2. The van der Waals surface area contributed by atoms with E-state index in [1.54, 1.807) is 13.2 Å². The standard InChI is InChI=1S/C13H22N2O4S2/c1-10-11(9-21(3,17)18)8-12(20-10)13(16)15-5-4-14-6-7-19-2/h8,14H,4-7,9H2,1-3H3,(H,15,16). The molecule has 2 N–H and O–H groups in total. The van der Waals surface area contributed by atoms with Gasteiger partial charge < -0.3 is 15.4 Å². The molecule has 1 heterocycles. The zero-order valence-electron chi connectivity index (χ0n) is 12.6. The van der Waals surface area contributed by atoms with Gasteiger partial charge in [0, 0.05) is 37.9 Å². The van der Waals surface area contributed by atoms with Crippen molar-refractivity contribution in [2.24, 2.45) is 0 Å². The smallest absolute Gasteiger partial charge is 0.261 e. The number of sulfone groups is 1. The van der Waals surface area contributed by atoms with E-state index in [1.165, 1.54) is 17.6 Å². The van der Waals surface area contributed by atoms with Gasteiger partial charge >= 0.3 is 0 Å². The molecule has 0 aliphatic carbocycles. The fourth-order valence-electron chi connectivity index (χ4n) is 1.71. The predicted octanol–water partition coefficient (Wildman–Crippen LogP) is 0.567. The molecule has 1 aromatic rings. The largest absolute Gasteiger partial charge is 0.383 e. The van der Waals surface area contributed by atoms with Crippen molar-refractivity contribution in [2.75, 3.05) is 39.6 Å². The Labute approximate surface area is 129 Å². The van der Waals surface area contributed by atoms with Crippen LogP contribution in [-0.4, -0.2) is 53.9 Å². The van der Waals surface area contributed by atoms with Crippen LogP contribution in [0.4, 0.5) is 0 Å². The van der Waals surface area contributed by atoms with Gasteiger partial charge in [0.2, 0.25) is 0 Å². The van der Waals surface area contributed by atoms with Gasteiger partial charge in [-0.05, 0) is 18.6 Å². The fourth-order valence-corrected chi connectivity index (χ4v) is 3.62. The first-order valence-corrected chi connectivity index (χ1v) is 9.46. The molecule has 6 nitrogen and oxygen atoms in total. The molecule has 0 atom stereocenters. The summed E-state index contributed by atoms with van der Waals surface area (Å²) in [7, 11) is -1.45. The lowest BCUT2D eigenvalue weighted by Crippen LogP contribution is -2.32. The quantitative estimate of drug-likeness (QED) is 0.645. The minimum absolute atomic E-state index is 0.0266. The molecule has 0 saturated carbocycles. The number of ether oxygens (including phenoxy) is 1. The topological polar surface area (TPSA) is 84.5 Å². The van der Waals surface area contributed by atoms with E-state index in [9.17, 15) is 13.2 Å². The van der Waals surface area contributed by atoms with E-state index in [0.717, 1.165) is 11.4 Å². The lowest BCUT2D eigenvalue weighted by atomic mass is 10.3. The molecule has 0 aromatic carbocycles. The maximum atomic E-state index is 12.0. The number of methoxy groups -OCH3 is 1. The van der Waals surface area contributed by atoms with Crippen molar-refractivity contribution in [1.29, 1.82) is 0 Å². The van der Waals surface area contributed by atoms with Crippen LogP contribution < -0.4 is 10.6 Å². The van der Waals surface area contributed by atoms with Gasteiger partial charge in [-0.15, -0.1) is 11.3 Å². The first-order chi connectivity index (χ1) is 9.83. The van der Waals surface area contributed by atoms with E-state index >= 15 is 0 Å². The van der Waals surface area contributed by atoms with Crippen LogP contribution in [0, 0.1) is 6.92 Å². The van der Waals surface area contributed by atoms with Crippen LogP contribution in [0.5, 0.6) is 0 Å². The second-order valence-corrected chi connectivity index (χ2v) is 8.16. The molecule has 1 rings (SSSR count). The number of carbonyl (C=O) groups is 1. The second kappa shape index (κ2) is 8.47. The van der Waals surface area contributed by atoms with E-state index in [-0.39, 0.29) is 11.7 Å². The van der Waals surface area contributed by atoms with Crippen LogP contribution >= 0.6 is 11.3 Å². The van der Waals surface area contributed by atoms with E-state index < -0.39 is 9.84 Å². The Kier molecular flexibility index (Phi) is 7.30. The number of hydrogen-bond acceptors (Lipinski definition) is 6.